The topological polar surface area (TPSA) is 46.5 Å². The van der Waals surface area contributed by atoms with Crippen LogP contribution in [0.2, 0.25) is 0 Å². The van der Waals surface area contributed by atoms with Gasteiger partial charge in [-0.25, -0.2) is 9.18 Å². The van der Waals surface area contributed by atoms with Gasteiger partial charge in [0.1, 0.15) is 5.75 Å². The number of rotatable bonds is 3. The summed E-state index contributed by atoms with van der Waals surface area (Å²) < 4.78 is 18.9. The molecule has 0 saturated heterocycles. The SMILES string of the molecule is COc1c(C)cccc1C(C)(F)C(=O)O. The molecule has 1 rings (SSSR count). The van der Waals surface area contributed by atoms with Crippen molar-refractivity contribution in [2.24, 2.45) is 0 Å². The fourth-order valence-electron chi connectivity index (χ4n) is 1.41. The summed E-state index contributed by atoms with van der Waals surface area (Å²) in [7, 11) is 1.39. The summed E-state index contributed by atoms with van der Waals surface area (Å²) in [6.45, 7) is 2.74. The van der Waals surface area contributed by atoms with Gasteiger partial charge in [-0.1, -0.05) is 18.2 Å². The largest absolute Gasteiger partial charge is 0.496 e. The number of carbonyl (C=O) groups is 1. The smallest absolute Gasteiger partial charge is 0.346 e. The summed E-state index contributed by atoms with van der Waals surface area (Å²) in [6.07, 6.45) is 0. The summed E-state index contributed by atoms with van der Waals surface area (Å²) in [5, 5.41) is 8.77. The Morgan fingerprint density at radius 3 is 2.60 bits per heavy atom. The molecule has 0 spiro atoms. The maximum atomic E-state index is 13.9. The molecule has 0 bridgehead atoms. The first-order valence-corrected chi connectivity index (χ1v) is 4.47. The Labute approximate surface area is 87.5 Å². The second kappa shape index (κ2) is 3.88. The Hall–Kier alpha value is -1.58. The minimum absolute atomic E-state index is 0.0394. The number of hydrogen-bond acceptors (Lipinski definition) is 2. The third-order valence-corrected chi connectivity index (χ3v) is 2.32. The van der Waals surface area contributed by atoms with Gasteiger partial charge < -0.3 is 9.84 Å². The van der Waals surface area contributed by atoms with Crippen molar-refractivity contribution in [3.05, 3.63) is 29.3 Å². The maximum Gasteiger partial charge on any atom is 0.346 e. The molecule has 82 valence electrons. The van der Waals surface area contributed by atoms with Crippen LogP contribution in [0.25, 0.3) is 0 Å². The van der Waals surface area contributed by atoms with Crippen molar-refractivity contribution < 1.29 is 19.0 Å². The van der Waals surface area contributed by atoms with Crippen LogP contribution in [-0.2, 0) is 10.5 Å². The first kappa shape index (κ1) is 11.5. The molecule has 1 N–H and O–H groups in total. The number of carboxylic acid groups (broad SMARTS) is 1. The van der Waals surface area contributed by atoms with Gasteiger partial charge in [0, 0.05) is 5.56 Å². The number of ether oxygens (including phenoxy) is 1. The van der Waals surface area contributed by atoms with Gasteiger partial charge in [0.2, 0.25) is 5.67 Å². The molecule has 0 aliphatic rings. The van der Waals surface area contributed by atoms with E-state index in [-0.39, 0.29) is 11.3 Å². The predicted octanol–water partition coefficient (Wildman–Crippen LogP) is 2.27. The third-order valence-electron chi connectivity index (χ3n) is 2.32. The van der Waals surface area contributed by atoms with Crippen molar-refractivity contribution in [3.63, 3.8) is 0 Å². The van der Waals surface area contributed by atoms with Gasteiger partial charge in [-0.2, -0.15) is 0 Å². The van der Waals surface area contributed by atoms with E-state index in [1.165, 1.54) is 13.2 Å². The quantitative estimate of drug-likeness (QED) is 0.836. The standard InChI is InChI=1S/C11H13FO3/c1-7-5-4-6-8(9(7)15-3)11(2,12)10(13)14/h4-6H,1-3H3,(H,13,14). The molecule has 4 heteroatoms. The van der Waals surface area contributed by atoms with Crippen LogP contribution in [-0.4, -0.2) is 18.2 Å². The number of para-hydroxylation sites is 1. The summed E-state index contributed by atoms with van der Waals surface area (Å²) >= 11 is 0. The second-order valence-corrected chi connectivity index (χ2v) is 3.46. The van der Waals surface area contributed by atoms with Crippen LogP contribution in [0.15, 0.2) is 18.2 Å². The number of halogens is 1. The zero-order valence-corrected chi connectivity index (χ0v) is 8.87. The molecule has 0 saturated carbocycles. The molecule has 0 aromatic heterocycles. The molecule has 1 unspecified atom stereocenters. The van der Waals surface area contributed by atoms with E-state index in [4.69, 9.17) is 9.84 Å². The van der Waals surface area contributed by atoms with Gasteiger partial charge in [-0.3, -0.25) is 0 Å². The monoisotopic (exact) mass is 212 g/mol. The molecule has 0 heterocycles. The van der Waals surface area contributed by atoms with Crippen molar-refractivity contribution in [3.8, 4) is 5.75 Å². The average molecular weight is 212 g/mol. The predicted molar refractivity (Wildman–Crippen MR) is 53.8 cm³/mol. The molecule has 0 fully saturated rings. The minimum atomic E-state index is -2.43. The molecular weight excluding hydrogens is 199 g/mol. The molecule has 15 heavy (non-hydrogen) atoms. The van der Waals surface area contributed by atoms with Crippen molar-refractivity contribution in [1.29, 1.82) is 0 Å². The van der Waals surface area contributed by atoms with Crippen molar-refractivity contribution in [1.82, 2.24) is 0 Å². The highest BCUT2D eigenvalue weighted by Gasteiger charge is 2.38. The van der Waals surface area contributed by atoms with Crippen LogP contribution < -0.4 is 4.74 Å². The Morgan fingerprint density at radius 1 is 1.53 bits per heavy atom. The normalized spacial score (nSPS) is 14.4. The minimum Gasteiger partial charge on any atom is -0.496 e. The van der Waals surface area contributed by atoms with Gasteiger partial charge in [-0.05, 0) is 19.4 Å². The van der Waals surface area contributed by atoms with E-state index < -0.39 is 11.6 Å². The fourth-order valence-corrected chi connectivity index (χ4v) is 1.41. The first-order chi connectivity index (χ1) is 6.91. The second-order valence-electron chi connectivity index (χ2n) is 3.46. The zero-order chi connectivity index (χ0) is 11.6. The molecule has 1 aromatic rings. The van der Waals surface area contributed by atoms with Gasteiger partial charge in [-0.15, -0.1) is 0 Å². The van der Waals surface area contributed by atoms with Crippen LogP contribution in [0.3, 0.4) is 0 Å². The molecule has 0 radical (unpaired) electrons. The molecule has 3 nitrogen and oxygen atoms in total. The number of alkyl halides is 1. The summed E-state index contributed by atoms with van der Waals surface area (Å²) in [6, 6.07) is 4.76. The Kier molecular flexibility index (Phi) is 2.98. The van der Waals surface area contributed by atoms with Gasteiger partial charge in [0.15, 0.2) is 0 Å². The summed E-state index contributed by atoms with van der Waals surface area (Å²) in [5.41, 5.74) is -1.69. The fraction of sp³-hybridized carbons (Fsp3) is 0.364. The van der Waals surface area contributed by atoms with E-state index in [0.717, 1.165) is 6.92 Å². The molecule has 0 aliphatic heterocycles. The Bertz CT molecular complexity index is 385. The lowest BCUT2D eigenvalue weighted by Gasteiger charge is -2.19. The Balaban J connectivity index is 3.37. The summed E-state index contributed by atoms with van der Waals surface area (Å²) in [4.78, 5) is 10.8. The van der Waals surface area contributed by atoms with Crippen LogP contribution in [0.4, 0.5) is 4.39 Å². The third kappa shape index (κ3) is 1.93. The number of hydrogen-bond donors (Lipinski definition) is 1. The molecule has 1 aromatic carbocycles. The van der Waals surface area contributed by atoms with Crippen LogP contribution >= 0.6 is 0 Å². The highest BCUT2D eigenvalue weighted by molar-refractivity contribution is 5.80. The van der Waals surface area contributed by atoms with E-state index in [9.17, 15) is 9.18 Å². The van der Waals surface area contributed by atoms with E-state index in [0.29, 0.717) is 5.56 Å². The number of methoxy groups -OCH3 is 1. The number of aryl methyl sites for hydroxylation is 1. The lowest BCUT2D eigenvalue weighted by Crippen LogP contribution is -2.27. The summed E-state index contributed by atoms with van der Waals surface area (Å²) in [5.74, 6) is -1.24. The first-order valence-electron chi connectivity index (χ1n) is 4.47. The number of aliphatic carboxylic acids is 1. The maximum absolute atomic E-state index is 13.9. The zero-order valence-electron chi connectivity index (χ0n) is 8.87. The molecule has 0 aliphatic carbocycles. The molecular formula is C11H13FO3. The van der Waals surface area contributed by atoms with E-state index in [1.807, 2.05) is 0 Å². The van der Waals surface area contributed by atoms with Crippen molar-refractivity contribution in [2.75, 3.05) is 7.11 Å². The van der Waals surface area contributed by atoms with E-state index >= 15 is 0 Å². The Morgan fingerprint density at radius 2 is 2.13 bits per heavy atom. The van der Waals surface area contributed by atoms with Crippen LogP contribution in [0.1, 0.15) is 18.1 Å². The van der Waals surface area contributed by atoms with Crippen molar-refractivity contribution in [2.45, 2.75) is 19.5 Å². The number of benzene rings is 1. The lowest BCUT2D eigenvalue weighted by molar-refractivity contribution is -0.150. The van der Waals surface area contributed by atoms with Gasteiger partial charge >= 0.3 is 5.97 Å². The highest BCUT2D eigenvalue weighted by atomic mass is 19.1. The van der Waals surface area contributed by atoms with E-state index in [2.05, 4.69) is 0 Å². The highest BCUT2D eigenvalue weighted by Crippen LogP contribution is 2.35. The van der Waals surface area contributed by atoms with E-state index in [1.54, 1.807) is 19.1 Å². The van der Waals surface area contributed by atoms with Crippen LogP contribution in [0, 0.1) is 6.92 Å². The molecule has 1 atom stereocenters. The average Bonchev–Trinajstić information content (AvgIpc) is 2.17. The lowest BCUT2D eigenvalue weighted by atomic mass is 9.95. The van der Waals surface area contributed by atoms with Gasteiger partial charge in [0.05, 0.1) is 7.11 Å². The number of carboxylic acids is 1. The van der Waals surface area contributed by atoms with Crippen LogP contribution in [0.5, 0.6) is 5.75 Å². The van der Waals surface area contributed by atoms with Crippen molar-refractivity contribution >= 4 is 5.97 Å². The molecule has 0 amide bonds. The van der Waals surface area contributed by atoms with Gasteiger partial charge in [0.25, 0.3) is 0 Å².